The van der Waals surface area contributed by atoms with Crippen molar-refractivity contribution in [1.82, 2.24) is 0 Å². The van der Waals surface area contributed by atoms with Crippen molar-refractivity contribution in [2.45, 2.75) is 6.61 Å². The van der Waals surface area contributed by atoms with Gasteiger partial charge in [0.05, 0.1) is 10.6 Å². The third-order valence-electron chi connectivity index (χ3n) is 4.21. The molecule has 2 amide bonds. The lowest BCUT2D eigenvalue weighted by atomic mass is 10.2. The van der Waals surface area contributed by atoms with Gasteiger partial charge in [-0.1, -0.05) is 60.7 Å². The first kappa shape index (κ1) is 18.1. The fourth-order valence-electron chi connectivity index (χ4n) is 2.85. The second-order valence-electron chi connectivity index (χ2n) is 6.20. The normalized spacial score (nSPS) is 15.3. The van der Waals surface area contributed by atoms with Crippen molar-refractivity contribution in [3.8, 4) is 5.75 Å². The van der Waals surface area contributed by atoms with Gasteiger partial charge in [0, 0.05) is 0 Å². The van der Waals surface area contributed by atoms with Crippen LogP contribution < -0.4 is 9.64 Å². The molecule has 1 heterocycles. The summed E-state index contributed by atoms with van der Waals surface area (Å²) in [4.78, 5) is 26.6. The average molecular weight is 387 g/mol. The molecule has 1 fully saturated rings. The molecule has 4 nitrogen and oxygen atoms in total. The van der Waals surface area contributed by atoms with Crippen molar-refractivity contribution >= 4 is 34.7 Å². The van der Waals surface area contributed by atoms with Crippen molar-refractivity contribution < 1.29 is 14.3 Å². The summed E-state index contributed by atoms with van der Waals surface area (Å²) in [6.07, 6.45) is 1.73. The van der Waals surface area contributed by atoms with Crippen LogP contribution in [0.25, 0.3) is 6.08 Å². The summed E-state index contributed by atoms with van der Waals surface area (Å²) >= 11 is 0.945. The standard InChI is InChI=1S/C23H17NO3S/c25-22-21(28-23(26)24(22)19-11-5-2-6-12-19)15-18-10-7-13-20(14-18)27-16-17-8-3-1-4-9-17/h1-15H,16H2/b21-15+. The van der Waals surface area contributed by atoms with Gasteiger partial charge in [-0.05, 0) is 53.2 Å². The number of rotatable bonds is 5. The van der Waals surface area contributed by atoms with Crippen LogP contribution in [0.3, 0.4) is 0 Å². The molecule has 138 valence electrons. The fraction of sp³-hybridized carbons (Fsp3) is 0.0435. The van der Waals surface area contributed by atoms with Gasteiger partial charge >= 0.3 is 0 Å². The Hall–Kier alpha value is -3.31. The van der Waals surface area contributed by atoms with E-state index in [1.54, 1.807) is 30.3 Å². The number of carbonyl (C=O) groups excluding carboxylic acids is 2. The molecule has 0 aromatic heterocycles. The molecule has 1 saturated heterocycles. The molecule has 0 N–H and O–H groups in total. The molecule has 28 heavy (non-hydrogen) atoms. The number of carbonyl (C=O) groups is 2. The van der Waals surface area contributed by atoms with Crippen LogP contribution in [-0.4, -0.2) is 11.1 Å². The summed E-state index contributed by atoms with van der Waals surface area (Å²) in [5, 5.41) is -0.293. The first-order valence-electron chi connectivity index (χ1n) is 8.80. The molecule has 0 spiro atoms. The van der Waals surface area contributed by atoms with Gasteiger partial charge in [-0.15, -0.1) is 0 Å². The lowest BCUT2D eigenvalue weighted by molar-refractivity contribution is -0.113. The van der Waals surface area contributed by atoms with Gasteiger partial charge in [-0.2, -0.15) is 0 Å². The van der Waals surface area contributed by atoms with Crippen LogP contribution in [-0.2, 0) is 11.4 Å². The molecule has 0 aliphatic carbocycles. The van der Waals surface area contributed by atoms with Crippen molar-refractivity contribution in [1.29, 1.82) is 0 Å². The molecule has 0 atom stereocenters. The van der Waals surface area contributed by atoms with Crippen molar-refractivity contribution in [2.75, 3.05) is 4.90 Å². The molecule has 0 unspecified atom stereocenters. The zero-order valence-electron chi connectivity index (χ0n) is 14.9. The highest BCUT2D eigenvalue weighted by atomic mass is 32.2. The predicted molar refractivity (Wildman–Crippen MR) is 112 cm³/mol. The highest BCUT2D eigenvalue weighted by Gasteiger charge is 2.36. The maximum atomic E-state index is 12.7. The molecule has 0 radical (unpaired) electrons. The second-order valence-corrected chi connectivity index (χ2v) is 7.19. The van der Waals surface area contributed by atoms with Gasteiger partial charge in [0.25, 0.3) is 11.1 Å². The SMILES string of the molecule is O=C1S/C(=C/c2cccc(OCc3ccccc3)c2)C(=O)N1c1ccccc1. The number of thioether (sulfide) groups is 1. The molecule has 3 aromatic carbocycles. The molecular weight excluding hydrogens is 370 g/mol. The van der Waals surface area contributed by atoms with Crippen LogP contribution in [0, 0.1) is 0 Å². The van der Waals surface area contributed by atoms with Gasteiger partial charge < -0.3 is 4.74 Å². The number of imide groups is 1. The number of hydrogen-bond donors (Lipinski definition) is 0. The Morgan fingerprint density at radius 1 is 0.857 bits per heavy atom. The van der Waals surface area contributed by atoms with E-state index in [0.717, 1.165) is 22.9 Å². The predicted octanol–water partition coefficient (Wildman–Crippen LogP) is 5.51. The van der Waals surface area contributed by atoms with Crippen molar-refractivity contribution in [3.63, 3.8) is 0 Å². The molecular formula is C23H17NO3S. The quantitative estimate of drug-likeness (QED) is 0.542. The number of benzene rings is 3. The van der Waals surface area contributed by atoms with Gasteiger partial charge in [-0.25, -0.2) is 4.90 Å². The van der Waals surface area contributed by atoms with E-state index in [4.69, 9.17) is 4.74 Å². The highest BCUT2D eigenvalue weighted by Crippen LogP contribution is 2.35. The number of para-hydroxylation sites is 1. The third kappa shape index (κ3) is 4.00. The number of anilines is 1. The lowest BCUT2D eigenvalue weighted by Gasteiger charge is -2.11. The summed E-state index contributed by atoms with van der Waals surface area (Å²) in [6.45, 7) is 0.467. The first-order valence-corrected chi connectivity index (χ1v) is 9.62. The maximum absolute atomic E-state index is 12.7. The van der Waals surface area contributed by atoms with Crippen molar-refractivity contribution in [3.05, 3.63) is 101 Å². The zero-order chi connectivity index (χ0) is 19.3. The zero-order valence-corrected chi connectivity index (χ0v) is 15.8. The number of amides is 2. The molecule has 1 aliphatic heterocycles. The van der Waals surface area contributed by atoms with Crippen LogP contribution in [0.15, 0.2) is 89.8 Å². The van der Waals surface area contributed by atoms with E-state index < -0.39 is 0 Å². The minimum absolute atomic E-state index is 0.293. The van der Waals surface area contributed by atoms with Gasteiger partial charge in [0.15, 0.2) is 0 Å². The van der Waals surface area contributed by atoms with E-state index in [2.05, 4.69) is 0 Å². The highest BCUT2D eigenvalue weighted by molar-refractivity contribution is 8.19. The minimum Gasteiger partial charge on any atom is -0.489 e. The van der Waals surface area contributed by atoms with Gasteiger partial charge in [-0.3, -0.25) is 9.59 Å². The Labute approximate surface area is 167 Å². The lowest BCUT2D eigenvalue weighted by Crippen LogP contribution is -2.27. The third-order valence-corrected chi connectivity index (χ3v) is 5.08. The summed E-state index contributed by atoms with van der Waals surface area (Å²) in [7, 11) is 0. The molecule has 3 aromatic rings. The van der Waals surface area contributed by atoms with Crippen molar-refractivity contribution in [2.24, 2.45) is 0 Å². The maximum Gasteiger partial charge on any atom is 0.298 e. The molecule has 4 rings (SSSR count). The largest absolute Gasteiger partial charge is 0.489 e. The van der Waals surface area contributed by atoms with E-state index in [1.165, 1.54) is 4.90 Å². The van der Waals surface area contributed by atoms with E-state index in [0.29, 0.717) is 22.9 Å². The Morgan fingerprint density at radius 3 is 2.32 bits per heavy atom. The van der Waals surface area contributed by atoms with Crippen LogP contribution >= 0.6 is 11.8 Å². The first-order chi connectivity index (χ1) is 13.7. The summed E-state index contributed by atoms with van der Waals surface area (Å²) in [6, 6.07) is 26.3. The van der Waals surface area contributed by atoms with Crippen LogP contribution in [0.4, 0.5) is 10.5 Å². The van der Waals surface area contributed by atoms with Gasteiger partial charge in [0.2, 0.25) is 0 Å². The Morgan fingerprint density at radius 2 is 1.57 bits per heavy atom. The van der Waals surface area contributed by atoms with E-state index in [-0.39, 0.29) is 11.1 Å². The number of hydrogen-bond acceptors (Lipinski definition) is 4. The molecule has 5 heteroatoms. The van der Waals surface area contributed by atoms with E-state index in [9.17, 15) is 9.59 Å². The average Bonchev–Trinajstić information content (AvgIpc) is 3.01. The van der Waals surface area contributed by atoms with Crippen LogP contribution in [0.1, 0.15) is 11.1 Å². The monoisotopic (exact) mass is 387 g/mol. The Balaban J connectivity index is 1.51. The Kier molecular flexibility index (Phi) is 5.26. The Bertz CT molecular complexity index is 1030. The molecule has 0 bridgehead atoms. The summed E-state index contributed by atoms with van der Waals surface area (Å²) < 4.78 is 5.84. The fourth-order valence-corrected chi connectivity index (χ4v) is 3.70. The summed E-state index contributed by atoms with van der Waals surface area (Å²) in [5.74, 6) is 0.400. The van der Waals surface area contributed by atoms with E-state index in [1.807, 2.05) is 60.7 Å². The molecule has 0 saturated carbocycles. The minimum atomic E-state index is -0.309. The second kappa shape index (κ2) is 8.15. The molecule has 1 aliphatic rings. The number of ether oxygens (including phenoxy) is 1. The topological polar surface area (TPSA) is 46.6 Å². The summed E-state index contributed by atoms with van der Waals surface area (Å²) in [5.41, 5.74) is 2.47. The number of nitrogens with zero attached hydrogens (tertiary/aromatic N) is 1. The van der Waals surface area contributed by atoms with Gasteiger partial charge in [0.1, 0.15) is 12.4 Å². The van der Waals surface area contributed by atoms with E-state index >= 15 is 0 Å². The van der Waals surface area contributed by atoms with Crippen LogP contribution in [0.2, 0.25) is 0 Å². The van der Waals surface area contributed by atoms with Crippen LogP contribution in [0.5, 0.6) is 5.75 Å². The smallest absolute Gasteiger partial charge is 0.298 e.